The van der Waals surface area contributed by atoms with Crippen molar-refractivity contribution in [2.24, 2.45) is 0 Å². The Morgan fingerprint density at radius 2 is 1.19 bits per heavy atom. The number of nitrogens with zero attached hydrogens (tertiary/aromatic N) is 1. The van der Waals surface area contributed by atoms with Crippen LogP contribution in [0.5, 0.6) is 0 Å². The zero-order valence-electron chi connectivity index (χ0n) is 9.99. The number of unbranched alkanes of at least 4 members (excludes halogenated alkanes) is 1. The van der Waals surface area contributed by atoms with E-state index in [0.29, 0.717) is 0 Å². The molecule has 0 aromatic heterocycles. The molecular formula is C8H20F6NP. The maximum absolute atomic E-state index is 10.7. The molecule has 0 atom stereocenters. The molecule has 104 valence electrons. The molecule has 16 heavy (non-hydrogen) atoms. The monoisotopic (exact) mass is 275 g/mol. The van der Waals surface area contributed by atoms with Crippen molar-refractivity contribution in [3.05, 3.63) is 0 Å². The van der Waals surface area contributed by atoms with Crippen LogP contribution < -0.4 is 0 Å². The first-order chi connectivity index (χ1) is 6.57. The zero-order valence-corrected chi connectivity index (χ0v) is 10.9. The Kier molecular flexibility index (Phi) is 5.37. The van der Waals surface area contributed by atoms with E-state index in [4.69, 9.17) is 0 Å². The molecule has 0 N–H and O–H groups in total. The second kappa shape index (κ2) is 4.69. The molecule has 0 aromatic carbocycles. The van der Waals surface area contributed by atoms with E-state index in [0.717, 1.165) is 0 Å². The molecule has 0 aliphatic carbocycles. The summed E-state index contributed by atoms with van der Waals surface area (Å²) in [6.07, 6.45) is 2.68. The summed E-state index contributed by atoms with van der Waals surface area (Å²) in [5.74, 6) is 0. The van der Waals surface area contributed by atoms with Gasteiger partial charge in [-0.25, -0.2) is 0 Å². The van der Waals surface area contributed by atoms with Gasteiger partial charge in [0.1, 0.15) is 0 Å². The van der Waals surface area contributed by atoms with E-state index < -0.39 is 7.81 Å². The third kappa shape index (κ3) is 37.0. The summed E-state index contributed by atoms with van der Waals surface area (Å²) < 4.78 is 60.4. The Bertz CT molecular complexity index is 194. The van der Waals surface area contributed by atoms with E-state index in [1.807, 2.05) is 0 Å². The number of rotatable bonds is 4. The molecule has 0 fully saturated rings. The fourth-order valence-corrected chi connectivity index (χ4v) is 0.744. The van der Waals surface area contributed by atoms with Crippen molar-refractivity contribution < 1.29 is 29.7 Å². The fourth-order valence-electron chi connectivity index (χ4n) is 0.744. The first kappa shape index (κ1) is 18.3. The van der Waals surface area contributed by atoms with Crippen LogP contribution in [0.3, 0.4) is 0 Å². The van der Waals surface area contributed by atoms with Crippen LogP contribution in [0, 0.1) is 0 Å². The SMILES string of the molecule is CCCC[N+](C)(C)CC.F[P-](F)(F)(F)(F)F. The predicted molar refractivity (Wildman–Crippen MR) is 56.0 cm³/mol. The Morgan fingerprint density at radius 1 is 0.875 bits per heavy atom. The average molecular weight is 275 g/mol. The first-order valence-electron chi connectivity index (χ1n) is 4.96. The van der Waals surface area contributed by atoms with E-state index >= 15 is 0 Å². The number of halogens is 6. The summed E-state index contributed by atoms with van der Waals surface area (Å²) in [5.41, 5.74) is 0. The van der Waals surface area contributed by atoms with Gasteiger partial charge < -0.3 is 4.48 Å². The van der Waals surface area contributed by atoms with Crippen molar-refractivity contribution in [2.75, 3.05) is 27.2 Å². The quantitative estimate of drug-likeness (QED) is 0.372. The maximum atomic E-state index is 9.87. The van der Waals surface area contributed by atoms with Crippen LogP contribution in [0.4, 0.5) is 25.2 Å². The van der Waals surface area contributed by atoms with Crippen LogP contribution in [-0.4, -0.2) is 31.7 Å². The third-order valence-electron chi connectivity index (χ3n) is 1.97. The molecule has 0 rings (SSSR count). The van der Waals surface area contributed by atoms with Gasteiger partial charge >= 0.3 is 33.0 Å². The Morgan fingerprint density at radius 3 is 1.38 bits per heavy atom. The van der Waals surface area contributed by atoms with Gasteiger partial charge in [-0.3, -0.25) is 0 Å². The second-order valence-electron chi connectivity index (χ2n) is 4.29. The van der Waals surface area contributed by atoms with Gasteiger partial charge in [-0.1, -0.05) is 13.3 Å². The molecule has 0 aliphatic heterocycles. The summed E-state index contributed by atoms with van der Waals surface area (Å²) in [7, 11) is -6.08. The molecule has 0 unspecified atom stereocenters. The topological polar surface area (TPSA) is 0 Å². The van der Waals surface area contributed by atoms with E-state index in [2.05, 4.69) is 27.9 Å². The van der Waals surface area contributed by atoms with Crippen molar-refractivity contribution in [3.63, 3.8) is 0 Å². The van der Waals surface area contributed by atoms with Crippen LogP contribution in [-0.2, 0) is 0 Å². The van der Waals surface area contributed by atoms with Crippen molar-refractivity contribution in [1.29, 1.82) is 0 Å². The minimum atomic E-state index is -10.7. The van der Waals surface area contributed by atoms with Crippen molar-refractivity contribution >= 4 is 7.81 Å². The van der Waals surface area contributed by atoms with Crippen molar-refractivity contribution in [1.82, 2.24) is 0 Å². The fraction of sp³-hybridized carbons (Fsp3) is 1.00. The zero-order chi connectivity index (χ0) is 13.7. The van der Waals surface area contributed by atoms with E-state index in [1.165, 1.54) is 30.4 Å². The van der Waals surface area contributed by atoms with Crippen LogP contribution >= 0.6 is 7.81 Å². The molecule has 0 radical (unpaired) electrons. The molecule has 0 bridgehead atoms. The van der Waals surface area contributed by atoms with E-state index in [1.54, 1.807) is 0 Å². The van der Waals surface area contributed by atoms with Gasteiger partial charge in [-0.05, 0) is 13.3 Å². The summed E-state index contributed by atoms with van der Waals surface area (Å²) in [5, 5.41) is 0. The van der Waals surface area contributed by atoms with Crippen molar-refractivity contribution in [3.8, 4) is 0 Å². The van der Waals surface area contributed by atoms with Crippen LogP contribution in [0.15, 0.2) is 0 Å². The molecule has 1 nitrogen and oxygen atoms in total. The summed E-state index contributed by atoms with van der Waals surface area (Å²) in [6, 6.07) is 0. The first-order valence-corrected chi connectivity index (χ1v) is 6.98. The van der Waals surface area contributed by atoms with Gasteiger partial charge in [-0.15, -0.1) is 0 Å². The molecule has 0 saturated heterocycles. The van der Waals surface area contributed by atoms with Crippen molar-refractivity contribution in [2.45, 2.75) is 26.7 Å². The standard InChI is InChI=1S/C8H20N.F6P/c1-5-7-8-9(3,4)6-2;1-7(2,3,4,5)6/h5-8H2,1-4H3;/q+1;-1. The average Bonchev–Trinajstić information content (AvgIpc) is 1.95. The van der Waals surface area contributed by atoms with Gasteiger partial charge in [0.15, 0.2) is 0 Å². The molecule has 8 heteroatoms. The van der Waals surface area contributed by atoms with Gasteiger partial charge in [-0.2, -0.15) is 0 Å². The van der Waals surface area contributed by atoms with Crippen LogP contribution in [0.25, 0.3) is 0 Å². The molecular weight excluding hydrogens is 255 g/mol. The molecule has 0 aromatic rings. The molecule has 0 amide bonds. The van der Waals surface area contributed by atoms with Crippen LogP contribution in [0.2, 0.25) is 0 Å². The predicted octanol–water partition coefficient (Wildman–Crippen LogP) is 5.27. The van der Waals surface area contributed by atoms with Gasteiger partial charge in [0.05, 0.1) is 27.2 Å². The van der Waals surface area contributed by atoms with Crippen LogP contribution in [0.1, 0.15) is 26.7 Å². The summed E-state index contributed by atoms with van der Waals surface area (Å²) >= 11 is 0. The number of hydrogen-bond acceptors (Lipinski definition) is 0. The molecule has 0 aliphatic rings. The minimum absolute atomic E-state index is 1.17. The second-order valence-corrected chi connectivity index (χ2v) is 6.20. The Hall–Kier alpha value is -0.0300. The van der Waals surface area contributed by atoms with E-state index in [9.17, 15) is 25.2 Å². The van der Waals surface area contributed by atoms with Gasteiger partial charge in [0, 0.05) is 0 Å². The molecule has 0 spiro atoms. The summed E-state index contributed by atoms with van der Waals surface area (Å²) in [4.78, 5) is 0. The summed E-state index contributed by atoms with van der Waals surface area (Å²) in [6.45, 7) is 7.07. The Labute approximate surface area is 92.3 Å². The molecule has 0 heterocycles. The van der Waals surface area contributed by atoms with Gasteiger partial charge in [0.25, 0.3) is 0 Å². The number of hydrogen-bond donors (Lipinski definition) is 0. The van der Waals surface area contributed by atoms with Gasteiger partial charge in [0.2, 0.25) is 0 Å². The number of quaternary nitrogens is 1. The molecule has 0 saturated carbocycles. The van der Waals surface area contributed by atoms with E-state index in [-0.39, 0.29) is 0 Å². The normalized spacial score (nSPS) is 16.9. The third-order valence-corrected chi connectivity index (χ3v) is 1.97. The Balaban J connectivity index is 0.